The zero-order valence-corrected chi connectivity index (χ0v) is 20.9. The molecule has 0 aliphatic carbocycles. The molecule has 1 unspecified atom stereocenters. The number of amides is 2. The van der Waals surface area contributed by atoms with Gasteiger partial charge in [-0.25, -0.2) is 9.78 Å². The lowest BCUT2D eigenvalue weighted by atomic mass is 9.98. The molecule has 35 heavy (non-hydrogen) atoms. The molecular formula is C25H25BCl2N6O. The van der Waals surface area contributed by atoms with E-state index in [9.17, 15) is 4.79 Å². The van der Waals surface area contributed by atoms with E-state index in [0.717, 1.165) is 47.6 Å². The molecule has 7 nitrogen and oxygen atoms in total. The molecule has 178 valence electrons. The Morgan fingerprint density at radius 3 is 2.69 bits per heavy atom. The summed E-state index contributed by atoms with van der Waals surface area (Å²) in [5, 5.41) is 12.2. The molecule has 2 amide bonds. The van der Waals surface area contributed by atoms with Gasteiger partial charge in [0.1, 0.15) is 13.7 Å². The Bertz CT molecular complexity index is 1380. The minimum atomic E-state index is -0.127. The van der Waals surface area contributed by atoms with Gasteiger partial charge in [0.25, 0.3) is 0 Å². The van der Waals surface area contributed by atoms with Gasteiger partial charge in [-0.1, -0.05) is 53.5 Å². The van der Waals surface area contributed by atoms with E-state index >= 15 is 0 Å². The maximum atomic E-state index is 12.9. The summed E-state index contributed by atoms with van der Waals surface area (Å²) in [5.41, 5.74) is 4.06. The standard InChI is InChI=1S/C25H25BCl2N6O/c26-18-14-30-34-23(12-22(31-24(18)34)17-7-1-2-8-19(17)27)29-13-16-6-5-11-33(15-16)25(35)32-21-10-4-3-9-20(21)28/h1-4,7-10,12,14,16,29H,5-6,11,13,15,26H2,(H,32,35). The van der Waals surface area contributed by atoms with E-state index in [0.29, 0.717) is 34.7 Å². The fourth-order valence-electron chi connectivity index (χ4n) is 4.43. The van der Waals surface area contributed by atoms with Crippen LogP contribution in [-0.4, -0.2) is 53.0 Å². The van der Waals surface area contributed by atoms with E-state index in [-0.39, 0.29) is 6.03 Å². The second-order valence-electron chi connectivity index (χ2n) is 8.81. The summed E-state index contributed by atoms with van der Waals surface area (Å²) in [6, 6.07) is 16.8. The molecule has 4 aromatic rings. The van der Waals surface area contributed by atoms with Crippen molar-refractivity contribution < 1.29 is 4.79 Å². The van der Waals surface area contributed by atoms with Crippen LogP contribution in [0.15, 0.2) is 60.8 Å². The second kappa shape index (κ2) is 10.2. The Morgan fingerprint density at radius 1 is 1.11 bits per heavy atom. The van der Waals surface area contributed by atoms with Gasteiger partial charge in [0.2, 0.25) is 0 Å². The molecule has 2 aromatic heterocycles. The summed E-state index contributed by atoms with van der Waals surface area (Å²) < 4.78 is 1.82. The summed E-state index contributed by atoms with van der Waals surface area (Å²) in [4.78, 5) is 19.5. The molecule has 10 heteroatoms. The SMILES string of the molecule is Bc1cnn2c(NCC3CCCN(C(=O)Nc4ccccc4Cl)C3)cc(-c3ccccc3Cl)nc12. The van der Waals surface area contributed by atoms with Crippen LogP contribution >= 0.6 is 23.2 Å². The molecule has 2 aromatic carbocycles. The van der Waals surface area contributed by atoms with E-state index in [4.69, 9.17) is 28.2 Å². The predicted molar refractivity (Wildman–Crippen MR) is 145 cm³/mol. The molecule has 1 fully saturated rings. The molecule has 0 saturated carbocycles. The van der Waals surface area contributed by atoms with Gasteiger partial charge in [-0.05, 0) is 42.4 Å². The number of nitrogens with zero attached hydrogens (tertiary/aromatic N) is 4. The summed E-state index contributed by atoms with van der Waals surface area (Å²) in [6.45, 7) is 2.09. The third-order valence-corrected chi connectivity index (χ3v) is 6.95. The number of likely N-dealkylation sites (tertiary alicyclic amines) is 1. The summed E-state index contributed by atoms with van der Waals surface area (Å²) in [6.07, 6.45) is 3.79. The molecule has 0 bridgehead atoms. The van der Waals surface area contributed by atoms with Crippen LogP contribution in [0, 0.1) is 5.92 Å². The van der Waals surface area contributed by atoms with Gasteiger partial charge in [-0.15, -0.1) is 0 Å². The highest BCUT2D eigenvalue weighted by Crippen LogP contribution is 2.29. The van der Waals surface area contributed by atoms with E-state index in [1.807, 2.05) is 65.9 Å². The Morgan fingerprint density at radius 2 is 1.89 bits per heavy atom. The van der Waals surface area contributed by atoms with Crippen molar-refractivity contribution in [3.63, 3.8) is 0 Å². The number of hydrogen-bond acceptors (Lipinski definition) is 4. The van der Waals surface area contributed by atoms with Crippen LogP contribution in [0.3, 0.4) is 0 Å². The number of piperidine rings is 1. The first kappa shape index (κ1) is 23.5. The third-order valence-electron chi connectivity index (χ3n) is 6.29. The Labute approximate surface area is 214 Å². The average molecular weight is 507 g/mol. The zero-order chi connectivity index (χ0) is 24.4. The van der Waals surface area contributed by atoms with Crippen LogP contribution in [0.5, 0.6) is 0 Å². The van der Waals surface area contributed by atoms with E-state index in [1.165, 1.54) is 0 Å². The lowest BCUT2D eigenvalue weighted by Gasteiger charge is -2.33. The van der Waals surface area contributed by atoms with Gasteiger partial charge in [0, 0.05) is 42.5 Å². The maximum absolute atomic E-state index is 12.9. The van der Waals surface area contributed by atoms with Crippen molar-refractivity contribution in [1.29, 1.82) is 0 Å². The number of nitrogens with one attached hydrogen (secondary N) is 2. The first-order valence-electron chi connectivity index (χ1n) is 11.6. The molecule has 5 rings (SSSR count). The third kappa shape index (κ3) is 5.09. The number of benzene rings is 2. The number of para-hydroxylation sites is 1. The molecule has 1 atom stereocenters. The lowest BCUT2D eigenvalue weighted by Crippen LogP contribution is -2.44. The first-order valence-corrected chi connectivity index (χ1v) is 12.4. The highest BCUT2D eigenvalue weighted by molar-refractivity contribution is 6.36. The highest BCUT2D eigenvalue weighted by atomic mass is 35.5. The number of aromatic nitrogens is 3. The quantitative estimate of drug-likeness (QED) is 0.395. The molecule has 1 aliphatic heterocycles. The van der Waals surface area contributed by atoms with Crippen molar-refractivity contribution in [3.05, 3.63) is 70.8 Å². The molecular weight excluding hydrogens is 482 g/mol. The number of carbonyl (C=O) groups is 1. The number of rotatable bonds is 5. The van der Waals surface area contributed by atoms with E-state index in [1.54, 1.807) is 12.1 Å². The minimum absolute atomic E-state index is 0.127. The van der Waals surface area contributed by atoms with Crippen molar-refractivity contribution in [2.75, 3.05) is 30.3 Å². The van der Waals surface area contributed by atoms with Crippen LogP contribution in [0.25, 0.3) is 16.9 Å². The van der Waals surface area contributed by atoms with Crippen LogP contribution in [-0.2, 0) is 0 Å². The number of carbonyl (C=O) groups excluding carboxylic acids is 1. The second-order valence-corrected chi connectivity index (χ2v) is 9.63. The first-order chi connectivity index (χ1) is 17.0. The zero-order valence-electron chi connectivity index (χ0n) is 19.3. The predicted octanol–water partition coefficient (Wildman–Crippen LogP) is 4.32. The largest absolute Gasteiger partial charge is 0.370 e. The fraction of sp³-hybridized carbons (Fsp3) is 0.240. The summed E-state index contributed by atoms with van der Waals surface area (Å²) >= 11 is 12.7. The Hall–Kier alpha value is -3.23. The van der Waals surface area contributed by atoms with Crippen LogP contribution < -0.4 is 16.1 Å². The van der Waals surface area contributed by atoms with Gasteiger partial charge < -0.3 is 15.5 Å². The summed E-state index contributed by atoms with van der Waals surface area (Å²) in [5.74, 6) is 1.14. The number of halogens is 2. The van der Waals surface area contributed by atoms with Gasteiger partial charge in [0.05, 0.1) is 16.4 Å². The van der Waals surface area contributed by atoms with Gasteiger partial charge >= 0.3 is 6.03 Å². The molecule has 2 N–H and O–H groups in total. The van der Waals surface area contributed by atoms with Crippen molar-refractivity contribution >= 4 is 59.7 Å². The molecule has 1 aliphatic rings. The Kier molecular flexibility index (Phi) is 6.84. The van der Waals surface area contributed by atoms with E-state index in [2.05, 4.69) is 15.7 Å². The minimum Gasteiger partial charge on any atom is -0.370 e. The van der Waals surface area contributed by atoms with Crippen LogP contribution in [0.2, 0.25) is 10.0 Å². The molecule has 1 saturated heterocycles. The van der Waals surface area contributed by atoms with Crippen LogP contribution in [0.4, 0.5) is 16.3 Å². The maximum Gasteiger partial charge on any atom is 0.321 e. The number of urea groups is 1. The topological polar surface area (TPSA) is 74.6 Å². The number of hydrogen-bond donors (Lipinski definition) is 2. The van der Waals surface area contributed by atoms with Crippen molar-refractivity contribution in [2.45, 2.75) is 12.8 Å². The van der Waals surface area contributed by atoms with Gasteiger partial charge in [-0.2, -0.15) is 9.61 Å². The normalized spacial score (nSPS) is 15.8. The monoisotopic (exact) mass is 506 g/mol. The molecule has 0 spiro atoms. The highest BCUT2D eigenvalue weighted by Gasteiger charge is 2.24. The Balaban J connectivity index is 1.31. The summed E-state index contributed by atoms with van der Waals surface area (Å²) in [7, 11) is 1.99. The van der Waals surface area contributed by atoms with Crippen LogP contribution in [0.1, 0.15) is 12.8 Å². The lowest BCUT2D eigenvalue weighted by molar-refractivity contribution is 0.180. The average Bonchev–Trinajstić information content (AvgIpc) is 3.25. The van der Waals surface area contributed by atoms with Crippen molar-refractivity contribution in [2.24, 2.45) is 5.92 Å². The van der Waals surface area contributed by atoms with Gasteiger partial charge in [0.15, 0.2) is 5.65 Å². The molecule has 0 radical (unpaired) electrons. The molecule has 3 heterocycles. The van der Waals surface area contributed by atoms with Crippen molar-refractivity contribution in [1.82, 2.24) is 19.5 Å². The van der Waals surface area contributed by atoms with Crippen molar-refractivity contribution in [3.8, 4) is 11.3 Å². The van der Waals surface area contributed by atoms with E-state index < -0.39 is 0 Å². The smallest absolute Gasteiger partial charge is 0.321 e. The fourth-order valence-corrected chi connectivity index (χ4v) is 4.84. The number of fused-ring (bicyclic) bond motifs is 1. The number of anilines is 2. The van der Waals surface area contributed by atoms with Gasteiger partial charge in [-0.3, -0.25) is 0 Å².